The van der Waals surface area contributed by atoms with Crippen LogP contribution in [0.1, 0.15) is 19.3 Å². The maximum absolute atomic E-state index is 10.2. The maximum atomic E-state index is 10.2. The van der Waals surface area contributed by atoms with Crippen LogP contribution < -0.4 is 0 Å². The van der Waals surface area contributed by atoms with Gasteiger partial charge in [-0.25, -0.2) is 0 Å². The summed E-state index contributed by atoms with van der Waals surface area (Å²) in [5.74, 6) is -0.775. The number of carbonyl (C=O) groups excluding carboxylic acids is 2. The molecule has 1 aliphatic heterocycles. The molecule has 0 aromatic carbocycles. The van der Waals surface area contributed by atoms with Crippen LogP contribution >= 0.6 is 23.2 Å². The molecule has 0 unspecified atom stereocenters. The zero-order chi connectivity index (χ0) is 8.69. The third kappa shape index (κ3) is 6.13. The van der Waals surface area contributed by atoms with Gasteiger partial charge in [0, 0.05) is 12.8 Å². The predicted molar refractivity (Wildman–Crippen MR) is 41.5 cm³/mol. The summed E-state index contributed by atoms with van der Waals surface area (Å²) in [4.78, 5) is 20.5. The Hall–Kier alpha value is -0.280. The molecule has 0 aliphatic carbocycles. The lowest BCUT2D eigenvalue weighted by atomic mass is 10.2. The summed E-state index contributed by atoms with van der Waals surface area (Å²) in [5.41, 5.74) is 0. The molecule has 11 heavy (non-hydrogen) atoms. The van der Waals surface area contributed by atoms with Crippen molar-refractivity contribution in [2.45, 2.75) is 19.3 Å². The summed E-state index contributed by atoms with van der Waals surface area (Å²) in [6.07, 6.45) is 1.44. The number of cyclic esters (lactones) is 2. The molecule has 3 nitrogen and oxygen atoms in total. The molecule has 0 atom stereocenters. The van der Waals surface area contributed by atoms with E-state index in [4.69, 9.17) is 23.2 Å². The SMILES string of the molecule is ClCCl.O=C1CCCC(=O)O1. The Morgan fingerprint density at radius 2 is 1.55 bits per heavy atom. The van der Waals surface area contributed by atoms with Crippen LogP contribution in [0.2, 0.25) is 0 Å². The number of hydrogen-bond donors (Lipinski definition) is 0. The molecule has 64 valence electrons. The number of ether oxygens (including phenoxy) is 1. The second kappa shape index (κ2) is 6.43. The van der Waals surface area contributed by atoms with E-state index in [0.717, 1.165) is 0 Å². The van der Waals surface area contributed by atoms with Gasteiger partial charge in [0.25, 0.3) is 0 Å². The van der Waals surface area contributed by atoms with Gasteiger partial charge in [0.1, 0.15) is 0 Å². The molecule has 1 aliphatic rings. The van der Waals surface area contributed by atoms with Crippen molar-refractivity contribution in [3.05, 3.63) is 0 Å². The van der Waals surface area contributed by atoms with Crippen LogP contribution in [0.4, 0.5) is 0 Å². The summed E-state index contributed by atoms with van der Waals surface area (Å²) in [5, 5.41) is 0.194. The van der Waals surface area contributed by atoms with Crippen molar-refractivity contribution in [3.8, 4) is 0 Å². The first-order chi connectivity index (χ1) is 5.20. The minimum Gasteiger partial charge on any atom is -0.393 e. The summed E-state index contributed by atoms with van der Waals surface area (Å²) in [6, 6.07) is 0. The zero-order valence-electron chi connectivity index (χ0n) is 5.81. The molecule has 0 spiro atoms. The van der Waals surface area contributed by atoms with Gasteiger partial charge < -0.3 is 4.74 Å². The zero-order valence-corrected chi connectivity index (χ0v) is 7.32. The van der Waals surface area contributed by atoms with Gasteiger partial charge in [0.15, 0.2) is 0 Å². The highest BCUT2D eigenvalue weighted by Crippen LogP contribution is 2.06. The number of carbonyl (C=O) groups is 2. The van der Waals surface area contributed by atoms with E-state index in [1.807, 2.05) is 0 Å². The molecule has 1 rings (SSSR count). The van der Waals surface area contributed by atoms with E-state index < -0.39 is 0 Å². The van der Waals surface area contributed by atoms with E-state index in [9.17, 15) is 9.59 Å². The molecule has 0 N–H and O–H groups in total. The first kappa shape index (κ1) is 10.7. The first-order valence-corrected chi connectivity index (χ1v) is 4.13. The van der Waals surface area contributed by atoms with Crippen molar-refractivity contribution in [3.63, 3.8) is 0 Å². The van der Waals surface area contributed by atoms with Gasteiger partial charge in [-0.2, -0.15) is 0 Å². The highest BCUT2D eigenvalue weighted by atomic mass is 35.5. The van der Waals surface area contributed by atoms with E-state index in [0.29, 0.717) is 19.3 Å². The van der Waals surface area contributed by atoms with Gasteiger partial charge >= 0.3 is 11.9 Å². The molecular formula is C6H8Cl2O3. The van der Waals surface area contributed by atoms with Crippen molar-refractivity contribution in [1.29, 1.82) is 0 Å². The quantitative estimate of drug-likeness (QED) is 0.338. The molecule has 5 heteroatoms. The Morgan fingerprint density at radius 3 is 1.73 bits per heavy atom. The largest absolute Gasteiger partial charge is 0.393 e. The average Bonchev–Trinajstić information content (AvgIpc) is 1.88. The standard InChI is InChI=1S/C5H6O3.CH2Cl2/c6-4-2-1-3-5(7)8-4;2-1-3/h1-3H2;1H2. The smallest absolute Gasteiger partial charge is 0.313 e. The van der Waals surface area contributed by atoms with E-state index in [1.165, 1.54) is 0 Å². The molecule has 0 radical (unpaired) electrons. The third-order valence-corrected chi connectivity index (χ3v) is 0.989. The van der Waals surface area contributed by atoms with E-state index in [2.05, 4.69) is 4.74 Å². The molecule has 1 heterocycles. The van der Waals surface area contributed by atoms with Crippen molar-refractivity contribution in [2.75, 3.05) is 5.34 Å². The number of rotatable bonds is 0. The van der Waals surface area contributed by atoms with E-state index in [-0.39, 0.29) is 17.3 Å². The maximum Gasteiger partial charge on any atom is 0.313 e. The third-order valence-electron chi connectivity index (χ3n) is 0.989. The fourth-order valence-corrected chi connectivity index (χ4v) is 0.606. The first-order valence-electron chi connectivity index (χ1n) is 3.06. The summed E-state index contributed by atoms with van der Waals surface area (Å²) < 4.78 is 4.21. The van der Waals surface area contributed by atoms with Crippen LogP contribution in [0.5, 0.6) is 0 Å². The van der Waals surface area contributed by atoms with Crippen molar-refractivity contribution in [2.24, 2.45) is 0 Å². The number of esters is 2. The Morgan fingerprint density at radius 1 is 1.18 bits per heavy atom. The molecule has 0 aromatic rings. The van der Waals surface area contributed by atoms with Crippen molar-refractivity contribution < 1.29 is 14.3 Å². The minimum absolute atomic E-state index is 0.194. The van der Waals surface area contributed by atoms with Gasteiger partial charge in [-0.1, -0.05) is 0 Å². The van der Waals surface area contributed by atoms with Crippen LogP contribution in [0, 0.1) is 0 Å². The van der Waals surface area contributed by atoms with Gasteiger partial charge in [0.2, 0.25) is 0 Å². The topological polar surface area (TPSA) is 43.4 Å². The second-order valence-corrected chi connectivity index (χ2v) is 2.61. The van der Waals surface area contributed by atoms with Crippen molar-refractivity contribution >= 4 is 35.1 Å². The summed E-state index contributed by atoms with van der Waals surface area (Å²) >= 11 is 9.53. The van der Waals surface area contributed by atoms with Crippen molar-refractivity contribution in [1.82, 2.24) is 0 Å². The molecule has 0 amide bonds. The van der Waals surface area contributed by atoms with Crippen LogP contribution in [0.15, 0.2) is 0 Å². The summed E-state index contributed by atoms with van der Waals surface area (Å²) in [7, 11) is 0. The molecule has 1 fully saturated rings. The Labute approximate surface area is 74.6 Å². The molecule has 0 saturated carbocycles. The average molecular weight is 199 g/mol. The fourth-order valence-electron chi connectivity index (χ4n) is 0.606. The lowest BCUT2D eigenvalue weighted by Gasteiger charge is -2.06. The molecule has 0 aromatic heterocycles. The van der Waals surface area contributed by atoms with Gasteiger partial charge in [0.05, 0.1) is 5.34 Å². The number of halogens is 2. The Kier molecular flexibility index (Phi) is 6.27. The number of alkyl halides is 2. The summed E-state index contributed by atoms with van der Waals surface area (Å²) in [6.45, 7) is 0. The van der Waals surface area contributed by atoms with Gasteiger partial charge in [-0.15, -0.1) is 23.2 Å². The molecule has 1 saturated heterocycles. The lowest BCUT2D eigenvalue weighted by Crippen LogP contribution is -2.17. The van der Waals surface area contributed by atoms with Crippen LogP contribution in [0.3, 0.4) is 0 Å². The lowest BCUT2D eigenvalue weighted by molar-refractivity contribution is -0.163. The molecule has 0 bridgehead atoms. The Bertz CT molecular complexity index is 133. The predicted octanol–water partition coefficient (Wildman–Crippen LogP) is 1.66. The van der Waals surface area contributed by atoms with Gasteiger partial charge in [-0.3, -0.25) is 9.59 Å². The van der Waals surface area contributed by atoms with E-state index >= 15 is 0 Å². The van der Waals surface area contributed by atoms with Crippen LogP contribution in [-0.2, 0) is 14.3 Å². The minimum atomic E-state index is -0.388. The van der Waals surface area contributed by atoms with Crippen LogP contribution in [-0.4, -0.2) is 17.3 Å². The van der Waals surface area contributed by atoms with E-state index in [1.54, 1.807) is 0 Å². The fraction of sp³-hybridized carbons (Fsp3) is 0.667. The highest BCUT2D eigenvalue weighted by Gasteiger charge is 2.15. The normalized spacial score (nSPS) is 16.5. The molecular weight excluding hydrogens is 191 g/mol. The van der Waals surface area contributed by atoms with Crippen LogP contribution in [0.25, 0.3) is 0 Å². The Balaban J connectivity index is 0.000000292. The van der Waals surface area contributed by atoms with Gasteiger partial charge in [-0.05, 0) is 6.42 Å². The highest BCUT2D eigenvalue weighted by molar-refractivity contribution is 6.40. The second-order valence-electron chi connectivity index (χ2n) is 1.80. The number of hydrogen-bond acceptors (Lipinski definition) is 3. The monoisotopic (exact) mass is 198 g/mol.